The summed E-state index contributed by atoms with van der Waals surface area (Å²) >= 11 is 0. The minimum Gasteiger partial charge on any atom is -0.369 e. The number of nitrogens with one attached hydrogen (secondary N) is 2. The van der Waals surface area contributed by atoms with E-state index in [2.05, 4.69) is 63.0 Å². The molecule has 148 valence electrons. The van der Waals surface area contributed by atoms with Crippen molar-refractivity contribution in [3.8, 4) is 0 Å². The van der Waals surface area contributed by atoms with Crippen molar-refractivity contribution < 1.29 is 0 Å². The first-order valence-corrected chi connectivity index (χ1v) is 9.40. The molecule has 6 nitrogen and oxygen atoms in total. The van der Waals surface area contributed by atoms with Crippen LogP contribution in [0.3, 0.4) is 0 Å². The number of aliphatic imine (C=N–C) groups is 1. The van der Waals surface area contributed by atoms with E-state index in [0.717, 1.165) is 44.9 Å². The van der Waals surface area contributed by atoms with Crippen molar-refractivity contribution in [3.05, 3.63) is 47.8 Å². The van der Waals surface area contributed by atoms with E-state index in [1.807, 2.05) is 25.0 Å². The van der Waals surface area contributed by atoms with Gasteiger partial charge in [0.1, 0.15) is 0 Å². The van der Waals surface area contributed by atoms with Crippen molar-refractivity contribution in [1.82, 2.24) is 20.4 Å². The number of halogens is 1. The molecule has 1 fully saturated rings. The maximum Gasteiger partial charge on any atom is 0.191 e. The van der Waals surface area contributed by atoms with E-state index in [9.17, 15) is 0 Å². The van der Waals surface area contributed by atoms with Gasteiger partial charge >= 0.3 is 0 Å². The lowest BCUT2D eigenvalue weighted by Gasteiger charge is -2.20. The Morgan fingerprint density at radius 2 is 2.07 bits per heavy atom. The summed E-state index contributed by atoms with van der Waals surface area (Å²) in [5, 5.41) is 11.2. The molecule has 1 aliphatic heterocycles. The van der Waals surface area contributed by atoms with E-state index in [4.69, 9.17) is 0 Å². The van der Waals surface area contributed by atoms with E-state index in [1.54, 1.807) is 0 Å². The molecule has 3 rings (SSSR count). The normalized spacial score (nSPS) is 16.9. The molecule has 0 spiro atoms. The summed E-state index contributed by atoms with van der Waals surface area (Å²) in [5.41, 5.74) is 3.89. The molecular formula is C20H31IN6. The van der Waals surface area contributed by atoms with Crippen LogP contribution >= 0.6 is 24.0 Å². The predicted octanol–water partition coefficient (Wildman–Crippen LogP) is 2.72. The van der Waals surface area contributed by atoms with Crippen LogP contribution < -0.4 is 15.5 Å². The van der Waals surface area contributed by atoms with Crippen LogP contribution in [-0.2, 0) is 13.5 Å². The SMILES string of the molecule is CN=C(NCCCc1cnn(C)c1)NC1CCN(c2ccc(C)cc2)C1.I. The maximum atomic E-state index is 4.37. The van der Waals surface area contributed by atoms with Crippen molar-refractivity contribution in [2.45, 2.75) is 32.2 Å². The summed E-state index contributed by atoms with van der Waals surface area (Å²) in [4.78, 5) is 6.81. The van der Waals surface area contributed by atoms with Gasteiger partial charge in [0, 0.05) is 51.7 Å². The molecule has 1 aliphatic rings. The summed E-state index contributed by atoms with van der Waals surface area (Å²) < 4.78 is 1.85. The molecule has 2 heterocycles. The number of anilines is 1. The molecular weight excluding hydrogens is 451 g/mol. The number of rotatable bonds is 6. The number of nitrogens with zero attached hydrogens (tertiary/aromatic N) is 4. The molecule has 1 atom stereocenters. The second kappa shape index (κ2) is 10.5. The summed E-state index contributed by atoms with van der Waals surface area (Å²) in [6, 6.07) is 9.21. The van der Waals surface area contributed by atoms with Crippen molar-refractivity contribution in [3.63, 3.8) is 0 Å². The van der Waals surface area contributed by atoms with Crippen LogP contribution in [0.2, 0.25) is 0 Å². The summed E-state index contributed by atoms with van der Waals surface area (Å²) in [5.74, 6) is 0.895. The molecule has 0 amide bonds. The van der Waals surface area contributed by atoms with Gasteiger partial charge in [-0.3, -0.25) is 9.67 Å². The quantitative estimate of drug-likeness (QED) is 0.288. The third-order valence-electron chi connectivity index (χ3n) is 4.84. The van der Waals surface area contributed by atoms with Gasteiger partial charge in [0.25, 0.3) is 0 Å². The Bertz CT molecular complexity index is 724. The molecule has 0 radical (unpaired) electrons. The van der Waals surface area contributed by atoms with Crippen LogP contribution in [0.1, 0.15) is 24.0 Å². The van der Waals surface area contributed by atoms with Gasteiger partial charge in [-0.2, -0.15) is 5.10 Å². The van der Waals surface area contributed by atoms with Crippen molar-refractivity contribution in [1.29, 1.82) is 0 Å². The van der Waals surface area contributed by atoms with Crippen molar-refractivity contribution >= 4 is 35.6 Å². The summed E-state index contributed by atoms with van der Waals surface area (Å²) in [6.07, 6.45) is 7.23. The highest BCUT2D eigenvalue weighted by molar-refractivity contribution is 14.0. The van der Waals surface area contributed by atoms with Crippen LogP contribution in [0.4, 0.5) is 5.69 Å². The van der Waals surface area contributed by atoms with E-state index in [0.29, 0.717) is 6.04 Å². The molecule has 1 aromatic carbocycles. The van der Waals surface area contributed by atoms with Crippen LogP contribution in [0.25, 0.3) is 0 Å². The highest BCUT2D eigenvalue weighted by Gasteiger charge is 2.23. The monoisotopic (exact) mass is 482 g/mol. The minimum absolute atomic E-state index is 0. The Morgan fingerprint density at radius 3 is 2.74 bits per heavy atom. The lowest BCUT2D eigenvalue weighted by Crippen LogP contribution is -2.44. The van der Waals surface area contributed by atoms with Gasteiger partial charge in [0.05, 0.1) is 6.20 Å². The van der Waals surface area contributed by atoms with E-state index in [1.165, 1.54) is 16.8 Å². The van der Waals surface area contributed by atoms with Gasteiger partial charge in [0.2, 0.25) is 0 Å². The fourth-order valence-electron chi connectivity index (χ4n) is 3.36. The molecule has 2 aromatic rings. The maximum absolute atomic E-state index is 4.37. The van der Waals surface area contributed by atoms with Gasteiger partial charge < -0.3 is 15.5 Å². The molecule has 0 bridgehead atoms. The molecule has 0 aliphatic carbocycles. The first-order valence-electron chi connectivity index (χ1n) is 9.40. The lowest BCUT2D eigenvalue weighted by atomic mass is 10.2. The second-order valence-corrected chi connectivity index (χ2v) is 7.04. The third kappa shape index (κ3) is 6.41. The molecule has 1 aromatic heterocycles. The van der Waals surface area contributed by atoms with Crippen molar-refractivity contribution in [2.75, 3.05) is 31.6 Å². The van der Waals surface area contributed by atoms with Gasteiger partial charge in [0.15, 0.2) is 5.96 Å². The summed E-state index contributed by atoms with van der Waals surface area (Å²) in [6.45, 7) is 5.13. The molecule has 1 unspecified atom stereocenters. The Kier molecular flexibility index (Phi) is 8.40. The van der Waals surface area contributed by atoms with Crippen LogP contribution in [0.15, 0.2) is 41.7 Å². The Morgan fingerprint density at radius 1 is 1.30 bits per heavy atom. The Hall–Kier alpha value is -1.77. The number of aryl methyl sites for hydroxylation is 3. The standard InChI is InChI=1S/C20H30N6.HI/c1-16-6-8-19(9-7-16)26-12-10-18(15-26)24-20(21-2)22-11-4-5-17-13-23-25(3)14-17;/h6-9,13-14,18H,4-5,10-12,15H2,1-3H3,(H2,21,22,24);1H. The molecule has 0 saturated carbocycles. The second-order valence-electron chi connectivity index (χ2n) is 7.04. The lowest BCUT2D eigenvalue weighted by molar-refractivity contribution is 0.643. The van der Waals surface area contributed by atoms with Crippen LogP contribution in [0.5, 0.6) is 0 Å². The van der Waals surface area contributed by atoms with E-state index in [-0.39, 0.29) is 24.0 Å². The average Bonchev–Trinajstić information content (AvgIpc) is 3.27. The molecule has 7 heteroatoms. The zero-order chi connectivity index (χ0) is 18.4. The van der Waals surface area contributed by atoms with Crippen molar-refractivity contribution in [2.24, 2.45) is 12.0 Å². The topological polar surface area (TPSA) is 57.5 Å². The number of guanidine groups is 1. The molecule has 1 saturated heterocycles. The first-order chi connectivity index (χ1) is 12.6. The third-order valence-corrected chi connectivity index (χ3v) is 4.84. The predicted molar refractivity (Wildman–Crippen MR) is 123 cm³/mol. The van der Waals surface area contributed by atoms with E-state index < -0.39 is 0 Å². The van der Waals surface area contributed by atoms with Gasteiger partial charge in [-0.05, 0) is 43.9 Å². The Balaban J connectivity index is 0.00000261. The van der Waals surface area contributed by atoms with Gasteiger partial charge in [-0.1, -0.05) is 17.7 Å². The zero-order valence-corrected chi connectivity index (χ0v) is 18.8. The smallest absolute Gasteiger partial charge is 0.191 e. The van der Waals surface area contributed by atoms with Crippen LogP contribution in [0, 0.1) is 6.92 Å². The summed E-state index contributed by atoms with van der Waals surface area (Å²) in [7, 11) is 3.79. The highest BCUT2D eigenvalue weighted by Crippen LogP contribution is 2.20. The van der Waals surface area contributed by atoms with Gasteiger partial charge in [-0.15, -0.1) is 24.0 Å². The molecule has 2 N–H and O–H groups in total. The fourth-order valence-corrected chi connectivity index (χ4v) is 3.36. The fraction of sp³-hybridized carbons (Fsp3) is 0.500. The Labute approximate surface area is 179 Å². The number of benzene rings is 1. The largest absolute Gasteiger partial charge is 0.369 e. The van der Waals surface area contributed by atoms with Crippen LogP contribution in [-0.4, -0.2) is 48.5 Å². The zero-order valence-electron chi connectivity index (χ0n) is 16.5. The number of hydrogen-bond acceptors (Lipinski definition) is 3. The number of hydrogen-bond donors (Lipinski definition) is 2. The molecule has 27 heavy (non-hydrogen) atoms. The average molecular weight is 482 g/mol. The number of aromatic nitrogens is 2. The van der Waals surface area contributed by atoms with Gasteiger partial charge in [-0.25, -0.2) is 0 Å². The highest BCUT2D eigenvalue weighted by atomic mass is 127. The minimum atomic E-state index is 0. The first kappa shape index (κ1) is 21.5. The van der Waals surface area contributed by atoms with E-state index >= 15 is 0 Å².